The van der Waals surface area contributed by atoms with E-state index in [1.54, 1.807) is 0 Å². The van der Waals surface area contributed by atoms with Crippen molar-refractivity contribution in [2.24, 2.45) is 5.92 Å². The summed E-state index contributed by atoms with van der Waals surface area (Å²) in [7, 11) is 0. The molecule has 0 aromatic heterocycles. The molecule has 1 saturated carbocycles. The van der Waals surface area contributed by atoms with Crippen LogP contribution in [0.4, 0.5) is 5.69 Å². The Morgan fingerprint density at radius 3 is 2.34 bits per heavy atom. The van der Waals surface area contributed by atoms with Crippen LogP contribution in [-0.4, -0.2) is 49.4 Å². The van der Waals surface area contributed by atoms with Gasteiger partial charge in [0, 0.05) is 39.7 Å². The average Bonchev–Trinajstić information content (AvgIpc) is 2.75. The lowest BCUT2D eigenvalue weighted by Crippen LogP contribution is -2.46. The van der Waals surface area contributed by atoms with Crippen LogP contribution in [0.2, 0.25) is 0 Å². The maximum Gasteiger partial charge on any atom is 0.234 e. The minimum Gasteiger partial charge on any atom is -0.369 e. The lowest BCUT2D eigenvalue weighted by Gasteiger charge is -2.36. The van der Waals surface area contributed by atoms with Crippen LogP contribution in [-0.2, 0) is 9.59 Å². The second kappa shape index (κ2) is 9.75. The third kappa shape index (κ3) is 5.39. The molecular formula is C24H37N3O2. The minimum absolute atomic E-state index is 0. The molecule has 1 aromatic carbocycles. The van der Waals surface area contributed by atoms with Gasteiger partial charge in [-0.2, -0.15) is 0 Å². The number of rotatable bonds is 6. The van der Waals surface area contributed by atoms with Gasteiger partial charge in [0.25, 0.3) is 0 Å². The van der Waals surface area contributed by atoms with Gasteiger partial charge in [0.15, 0.2) is 0 Å². The number of piperazine rings is 1. The Morgan fingerprint density at radius 2 is 1.66 bits per heavy atom. The summed E-state index contributed by atoms with van der Waals surface area (Å²) >= 11 is 0. The van der Waals surface area contributed by atoms with Gasteiger partial charge >= 0.3 is 0 Å². The molecular weight excluding hydrogens is 362 g/mol. The Hall–Kier alpha value is -1.88. The van der Waals surface area contributed by atoms with Crippen molar-refractivity contribution in [3.63, 3.8) is 0 Å². The van der Waals surface area contributed by atoms with E-state index in [0.717, 1.165) is 37.7 Å². The van der Waals surface area contributed by atoms with Crippen LogP contribution in [0.5, 0.6) is 0 Å². The first-order valence-electron chi connectivity index (χ1n) is 11.6. The third-order valence-electron chi connectivity index (χ3n) is 7.08. The normalized spacial score (nSPS) is 24.6. The van der Waals surface area contributed by atoms with E-state index in [4.69, 9.17) is 0 Å². The first-order valence-corrected chi connectivity index (χ1v) is 11.6. The molecule has 3 fully saturated rings. The van der Waals surface area contributed by atoms with Crippen LogP contribution in [0.3, 0.4) is 0 Å². The maximum absolute atomic E-state index is 12.1. The van der Waals surface area contributed by atoms with Crippen molar-refractivity contribution in [3.05, 3.63) is 29.8 Å². The molecule has 2 aliphatic heterocycles. The van der Waals surface area contributed by atoms with Crippen molar-refractivity contribution in [1.29, 1.82) is 0 Å². The molecule has 1 unspecified atom stereocenters. The zero-order valence-corrected chi connectivity index (χ0v) is 17.6. The number of nitrogens with zero attached hydrogens (tertiary/aromatic N) is 2. The quantitative estimate of drug-likeness (QED) is 0.737. The fraction of sp³-hybridized carbons (Fsp3) is 0.667. The Morgan fingerprint density at radius 1 is 0.931 bits per heavy atom. The van der Waals surface area contributed by atoms with Crippen LogP contribution < -0.4 is 10.2 Å². The van der Waals surface area contributed by atoms with Crippen molar-refractivity contribution >= 4 is 17.5 Å². The summed E-state index contributed by atoms with van der Waals surface area (Å²) in [6.07, 6.45) is 11.1. The van der Waals surface area contributed by atoms with E-state index in [-0.39, 0.29) is 19.2 Å². The van der Waals surface area contributed by atoms with Crippen molar-refractivity contribution in [1.82, 2.24) is 10.2 Å². The fourth-order valence-corrected chi connectivity index (χ4v) is 5.24. The van der Waals surface area contributed by atoms with Crippen molar-refractivity contribution < 1.29 is 11.0 Å². The number of carbonyl (C=O) groups is 2. The molecule has 29 heavy (non-hydrogen) atoms. The van der Waals surface area contributed by atoms with Gasteiger partial charge in [0.05, 0.1) is 5.92 Å². The number of benzene rings is 1. The lowest BCUT2D eigenvalue weighted by molar-refractivity contribution is -0.134. The molecule has 5 heteroatoms. The molecule has 4 rings (SSSR count). The van der Waals surface area contributed by atoms with Gasteiger partial charge in [0.1, 0.15) is 0 Å². The van der Waals surface area contributed by atoms with Gasteiger partial charge in [-0.15, -0.1) is 0 Å². The predicted octanol–water partition coefficient (Wildman–Crippen LogP) is 3.94. The van der Waals surface area contributed by atoms with Gasteiger partial charge in [-0.25, -0.2) is 0 Å². The highest BCUT2D eigenvalue weighted by Gasteiger charge is 2.28. The number of anilines is 1. The fourth-order valence-electron chi connectivity index (χ4n) is 5.24. The maximum atomic E-state index is 12.1. The molecule has 2 heterocycles. The molecule has 2 saturated heterocycles. The Kier molecular flexibility index (Phi) is 6.86. The monoisotopic (exact) mass is 399 g/mol. The molecule has 3 aliphatic rings. The van der Waals surface area contributed by atoms with Crippen LogP contribution in [0.25, 0.3) is 0 Å². The number of hydrogen-bond donors (Lipinski definition) is 1. The summed E-state index contributed by atoms with van der Waals surface area (Å²) in [5.74, 6) is 0.492. The van der Waals surface area contributed by atoms with Crippen molar-refractivity contribution in [2.75, 3.05) is 37.6 Å². The molecule has 160 valence electrons. The van der Waals surface area contributed by atoms with Crippen LogP contribution in [0.1, 0.15) is 70.7 Å². The van der Waals surface area contributed by atoms with Gasteiger partial charge < -0.3 is 4.90 Å². The minimum atomic E-state index is -0.192. The second-order valence-corrected chi connectivity index (χ2v) is 9.07. The van der Waals surface area contributed by atoms with Crippen LogP contribution in [0, 0.1) is 5.92 Å². The van der Waals surface area contributed by atoms with E-state index in [0.29, 0.717) is 12.8 Å². The molecule has 2 amide bonds. The molecule has 1 N–H and O–H groups in total. The summed E-state index contributed by atoms with van der Waals surface area (Å²) in [6.45, 7) is 5.67. The summed E-state index contributed by atoms with van der Waals surface area (Å²) in [5, 5.41) is 2.45. The smallest absolute Gasteiger partial charge is 0.234 e. The topological polar surface area (TPSA) is 52.7 Å². The molecule has 0 spiro atoms. The molecule has 1 aliphatic carbocycles. The molecule has 1 atom stereocenters. The van der Waals surface area contributed by atoms with E-state index < -0.39 is 0 Å². The number of piperidine rings is 1. The number of hydrogen-bond acceptors (Lipinski definition) is 4. The molecule has 0 radical (unpaired) electrons. The zero-order valence-electron chi connectivity index (χ0n) is 17.6. The van der Waals surface area contributed by atoms with Gasteiger partial charge in [-0.05, 0) is 49.4 Å². The Labute approximate surface area is 176 Å². The molecule has 1 aromatic rings. The third-order valence-corrected chi connectivity index (χ3v) is 7.08. The first-order chi connectivity index (χ1) is 14.2. The predicted molar refractivity (Wildman–Crippen MR) is 118 cm³/mol. The SMILES string of the molecule is O=C1CCC(c2ccc(N3CCN(CCCC4CCCCC4)CC3)cc2)C(=O)N1.[HH]. The molecule has 0 bridgehead atoms. The van der Waals surface area contributed by atoms with Crippen LogP contribution >= 0.6 is 0 Å². The average molecular weight is 400 g/mol. The van der Waals surface area contributed by atoms with Gasteiger partial charge in [-0.1, -0.05) is 44.2 Å². The highest BCUT2D eigenvalue weighted by atomic mass is 16.2. The van der Waals surface area contributed by atoms with Gasteiger partial charge in [0.2, 0.25) is 11.8 Å². The number of nitrogens with one attached hydrogen (secondary N) is 1. The standard InChI is InChI=1S/C24H35N3O2.H2/c28-23-13-12-22(24(29)25-23)20-8-10-21(11-9-20)27-17-15-26(16-18-27)14-4-7-19-5-2-1-3-6-19;/h8-11,19,22H,1-7,12-18H2,(H,25,28,29);1H. The molecule has 5 nitrogen and oxygen atoms in total. The van der Waals surface area contributed by atoms with Crippen molar-refractivity contribution in [2.45, 2.75) is 63.7 Å². The summed E-state index contributed by atoms with van der Waals surface area (Å²) < 4.78 is 0. The summed E-state index contributed by atoms with van der Waals surface area (Å²) in [5.41, 5.74) is 2.25. The van der Waals surface area contributed by atoms with Crippen molar-refractivity contribution in [3.8, 4) is 0 Å². The number of carbonyl (C=O) groups excluding carboxylic acids is 2. The number of amides is 2. The highest BCUT2D eigenvalue weighted by molar-refractivity contribution is 6.00. The second-order valence-electron chi connectivity index (χ2n) is 9.07. The van der Waals surface area contributed by atoms with Crippen LogP contribution in [0.15, 0.2) is 24.3 Å². The first kappa shape index (κ1) is 20.4. The Balaban J connectivity index is 0.00000256. The largest absolute Gasteiger partial charge is 0.369 e. The van der Waals surface area contributed by atoms with E-state index in [2.05, 4.69) is 39.4 Å². The summed E-state index contributed by atoms with van der Waals surface area (Å²) in [4.78, 5) is 28.5. The summed E-state index contributed by atoms with van der Waals surface area (Å²) in [6, 6.07) is 8.40. The zero-order chi connectivity index (χ0) is 20.1. The highest BCUT2D eigenvalue weighted by Crippen LogP contribution is 2.28. The van der Waals surface area contributed by atoms with E-state index >= 15 is 0 Å². The van der Waals surface area contributed by atoms with Gasteiger partial charge in [-0.3, -0.25) is 19.8 Å². The number of imide groups is 1. The van der Waals surface area contributed by atoms with E-state index in [1.165, 1.54) is 57.2 Å². The Bertz CT molecular complexity index is 695. The van der Waals surface area contributed by atoms with E-state index in [1.807, 2.05) is 0 Å². The van der Waals surface area contributed by atoms with E-state index in [9.17, 15) is 9.59 Å². The lowest BCUT2D eigenvalue weighted by atomic mass is 9.86.